The first-order valence-corrected chi connectivity index (χ1v) is 15.8. The average Bonchev–Trinajstić information content (AvgIpc) is 3.76. The molecule has 1 saturated heterocycles. The number of rotatable bonds is 13. The van der Waals surface area contributed by atoms with Gasteiger partial charge in [0, 0.05) is 64.7 Å². The maximum Gasteiger partial charge on any atom is 0.341 e. The number of nitro groups is 1. The summed E-state index contributed by atoms with van der Waals surface area (Å²) in [6.45, 7) is 3.63. The fourth-order valence-corrected chi connectivity index (χ4v) is 7.13. The lowest BCUT2D eigenvalue weighted by atomic mass is 9.76. The molecule has 0 aromatic heterocycles. The Morgan fingerprint density at radius 3 is 2.68 bits per heavy atom. The predicted molar refractivity (Wildman–Crippen MR) is 175 cm³/mol. The number of nitrogens with zero attached hydrogens (tertiary/aromatic N) is 2. The molecule has 14 heteroatoms. The van der Waals surface area contributed by atoms with E-state index in [0.717, 1.165) is 26.0 Å². The maximum absolute atomic E-state index is 16.8. The largest absolute Gasteiger partial charge is 0.496 e. The van der Waals surface area contributed by atoms with Crippen LogP contribution < -0.4 is 15.4 Å². The van der Waals surface area contributed by atoms with Gasteiger partial charge in [-0.3, -0.25) is 19.8 Å². The molecule has 0 radical (unpaired) electrons. The fourth-order valence-electron chi connectivity index (χ4n) is 6.89. The van der Waals surface area contributed by atoms with Gasteiger partial charge in [-0.1, -0.05) is 41.9 Å². The van der Waals surface area contributed by atoms with Gasteiger partial charge in [0.05, 0.1) is 25.1 Å². The molecule has 2 fully saturated rings. The Bertz CT molecular complexity index is 1660. The monoisotopic (exact) mass is 688 g/mol. The highest BCUT2D eigenvalue weighted by atomic mass is 35.5. The summed E-state index contributed by atoms with van der Waals surface area (Å²) in [5, 5.41) is 29.3. The van der Waals surface area contributed by atoms with Gasteiger partial charge in [0.1, 0.15) is 22.7 Å². The number of carbonyl (C=O) groups is 2. The van der Waals surface area contributed by atoms with E-state index in [4.69, 9.17) is 32.7 Å². The van der Waals surface area contributed by atoms with Gasteiger partial charge in [0.25, 0.3) is 5.69 Å². The lowest BCUT2D eigenvalue weighted by Gasteiger charge is -2.39. The van der Waals surface area contributed by atoms with Crippen molar-refractivity contribution in [1.82, 2.24) is 10.2 Å². The summed E-state index contributed by atoms with van der Waals surface area (Å²) < 4.78 is 27.0. The number of fused-ring (bicyclic) bond motifs is 2. The van der Waals surface area contributed by atoms with Gasteiger partial charge in [-0.05, 0) is 55.5 Å². The van der Waals surface area contributed by atoms with Crippen molar-refractivity contribution in [3.8, 4) is 5.75 Å². The molecule has 5 rings (SSSR count). The quantitative estimate of drug-likeness (QED) is 0.106. The van der Waals surface area contributed by atoms with Crippen molar-refractivity contribution in [3.05, 3.63) is 97.8 Å². The molecule has 1 saturated carbocycles. The van der Waals surface area contributed by atoms with E-state index in [0.29, 0.717) is 22.8 Å². The summed E-state index contributed by atoms with van der Waals surface area (Å²) in [5.74, 6) is -2.75. The van der Waals surface area contributed by atoms with Gasteiger partial charge < -0.3 is 25.2 Å². The zero-order valence-electron chi connectivity index (χ0n) is 25.8. The number of esters is 1. The molecule has 3 aliphatic rings. The van der Waals surface area contributed by atoms with Crippen LogP contribution in [0, 0.1) is 22.0 Å². The highest BCUT2D eigenvalue weighted by molar-refractivity contribution is 6.31. The minimum absolute atomic E-state index is 0.0551. The number of amides is 1. The van der Waals surface area contributed by atoms with Crippen molar-refractivity contribution in [2.45, 2.75) is 43.4 Å². The van der Waals surface area contributed by atoms with E-state index in [1.807, 2.05) is 4.90 Å². The number of likely N-dealkylation sites (tertiary alicyclic amines) is 1. The number of carbonyl (C=O) groups excluding carboxylic acids is 2. The Balaban J connectivity index is 1.68. The third-order valence-electron chi connectivity index (χ3n) is 9.00. The average molecular weight is 690 g/mol. The van der Waals surface area contributed by atoms with Gasteiger partial charge in [0.15, 0.2) is 0 Å². The first-order valence-electron chi connectivity index (χ1n) is 15.0. The van der Waals surface area contributed by atoms with Crippen LogP contribution in [0.15, 0.2) is 66.0 Å². The van der Waals surface area contributed by atoms with Crippen molar-refractivity contribution in [1.29, 1.82) is 0 Å². The number of allylic oxidation sites excluding steroid dienone is 4. The first-order chi connectivity index (χ1) is 22.5. The minimum Gasteiger partial charge on any atom is -0.496 e. The van der Waals surface area contributed by atoms with Gasteiger partial charge in [-0.25, -0.2) is 9.18 Å². The van der Waals surface area contributed by atoms with E-state index < -0.39 is 46.2 Å². The van der Waals surface area contributed by atoms with Gasteiger partial charge in [-0.2, -0.15) is 0 Å². The zero-order chi connectivity index (χ0) is 34.0. The molecule has 2 aliphatic heterocycles. The van der Waals surface area contributed by atoms with Crippen LogP contribution >= 0.6 is 23.2 Å². The summed E-state index contributed by atoms with van der Waals surface area (Å²) in [5.41, 5.74) is -0.917. The molecule has 0 unspecified atom stereocenters. The molecule has 3 N–H and O–H groups in total. The topological polar surface area (TPSA) is 143 Å². The molecule has 47 heavy (non-hydrogen) atoms. The van der Waals surface area contributed by atoms with Gasteiger partial charge in [0.2, 0.25) is 5.91 Å². The fraction of sp³-hybridized carbons (Fsp3) is 0.394. The van der Waals surface area contributed by atoms with Crippen LogP contribution in [-0.4, -0.2) is 66.3 Å². The van der Waals surface area contributed by atoms with E-state index in [1.54, 1.807) is 18.2 Å². The van der Waals surface area contributed by atoms with Crippen molar-refractivity contribution in [2.24, 2.45) is 11.8 Å². The van der Waals surface area contributed by atoms with E-state index in [-0.39, 0.29) is 53.1 Å². The van der Waals surface area contributed by atoms with Crippen LogP contribution in [0.5, 0.6) is 5.75 Å². The van der Waals surface area contributed by atoms with Crippen LogP contribution in [0.2, 0.25) is 5.02 Å². The number of nitro benzene ring substituents is 1. The third-order valence-corrected chi connectivity index (χ3v) is 9.36. The molecule has 2 aromatic carbocycles. The molecule has 1 amide bonds. The lowest BCUT2D eigenvalue weighted by molar-refractivity contribution is -0.385. The standard InChI is InChI=1S/C33H35Cl2FN4O7/c1-18(34)5-4-6-24(36)29-30(37-16-20-13-28(46-2)22(31(42)47-3)15-27(20)40(44)45)26(11-12-41)39(17-19-7-8-19)33(29)23-10-9-21(35)14-25(23)38-32(33)43/h4-6,9-10,13-15,19,26,29-30,37,41H,1,7-8,11-12,16-17H2,2-3H3,(H,38,43)/b5-4-,24-6-/t26-,29-,30+,33+/m0/s1. The zero-order valence-corrected chi connectivity index (χ0v) is 27.3. The number of hydrogen-bond donors (Lipinski definition) is 3. The Kier molecular flexibility index (Phi) is 10.4. The summed E-state index contributed by atoms with van der Waals surface area (Å²) in [6, 6.07) is 5.99. The van der Waals surface area contributed by atoms with E-state index in [2.05, 4.69) is 17.2 Å². The predicted octanol–water partition coefficient (Wildman–Crippen LogP) is 5.60. The number of hydrogen-bond acceptors (Lipinski definition) is 9. The van der Waals surface area contributed by atoms with Crippen molar-refractivity contribution >= 4 is 46.5 Å². The number of nitrogens with one attached hydrogen (secondary N) is 2. The smallest absolute Gasteiger partial charge is 0.341 e. The number of halogens is 3. The second kappa shape index (κ2) is 14.1. The van der Waals surface area contributed by atoms with Crippen molar-refractivity contribution < 1.29 is 33.5 Å². The van der Waals surface area contributed by atoms with Crippen LogP contribution in [-0.2, 0) is 21.6 Å². The van der Waals surface area contributed by atoms with E-state index >= 15 is 4.39 Å². The molecule has 0 bridgehead atoms. The number of methoxy groups -OCH3 is 2. The van der Waals surface area contributed by atoms with Crippen molar-refractivity contribution in [2.75, 3.05) is 32.7 Å². The van der Waals surface area contributed by atoms with Crippen LogP contribution in [0.3, 0.4) is 0 Å². The third kappa shape index (κ3) is 6.53. The van der Waals surface area contributed by atoms with Crippen LogP contribution in [0.4, 0.5) is 15.8 Å². The number of aliphatic hydroxyl groups is 1. The number of anilines is 1. The Hall–Kier alpha value is -3.81. The second-order valence-corrected chi connectivity index (χ2v) is 12.7. The van der Waals surface area contributed by atoms with Crippen LogP contribution in [0.1, 0.15) is 40.7 Å². The molecule has 2 heterocycles. The number of ether oxygens (including phenoxy) is 2. The van der Waals surface area contributed by atoms with Crippen molar-refractivity contribution in [3.63, 3.8) is 0 Å². The minimum atomic E-state index is -1.55. The van der Waals surface area contributed by atoms with E-state index in [1.165, 1.54) is 31.4 Å². The summed E-state index contributed by atoms with van der Waals surface area (Å²) in [4.78, 5) is 40.2. The summed E-state index contributed by atoms with van der Waals surface area (Å²) in [7, 11) is 2.47. The Morgan fingerprint density at radius 2 is 2.06 bits per heavy atom. The molecule has 250 valence electrons. The highest BCUT2D eigenvalue weighted by Gasteiger charge is 2.67. The molecule has 2 aromatic rings. The Morgan fingerprint density at radius 1 is 1.32 bits per heavy atom. The summed E-state index contributed by atoms with van der Waals surface area (Å²) >= 11 is 12.2. The number of aliphatic hydroxyl groups excluding tert-OH is 1. The molecule has 11 nitrogen and oxygen atoms in total. The first kappa shape index (κ1) is 34.5. The normalized spacial score (nSPS) is 24.1. The Labute approximate surface area is 281 Å². The van der Waals surface area contributed by atoms with Gasteiger partial charge >= 0.3 is 5.97 Å². The maximum atomic E-state index is 16.8. The highest BCUT2D eigenvalue weighted by Crippen LogP contribution is 2.57. The molecular formula is C33H35Cl2FN4O7. The lowest BCUT2D eigenvalue weighted by Crippen LogP contribution is -2.53. The SMILES string of the molecule is C=C(Cl)/C=C\C=C(/F)[C@H]1[C@H](NCc2cc(OC)c(C(=O)OC)cc2[N+](=O)[O-])[C@H](CCO)N(CC2CC2)[C@@]12C(=O)Nc1cc(Cl)ccc12. The molecular weight excluding hydrogens is 654 g/mol. The molecule has 1 aliphatic carbocycles. The summed E-state index contributed by atoms with van der Waals surface area (Å²) in [6.07, 6.45) is 6.09. The van der Waals surface area contributed by atoms with Gasteiger partial charge in [-0.15, -0.1) is 0 Å². The second-order valence-electron chi connectivity index (χ2n) is 11.8. The molecule has 1 spiro atoms. The van der Waals surface area contributed by atoms with E-state index in [9.17, 15) is 24.8 Å². The molecule has 4 atom stereocenters. The van der Waals surface area contributed by atoms with Crippen LogP contribution in [0.25, 0.3) is 0 Å². The number of benzene rings is 2.